The van der Waals surface area contributed by atoms with Crippen molar-refractivity contribution in [3.63, 3.8) is 0 Å². The van der Waals surface area contributed by atoms with Crippen LogP contribution in [0.25, 0.3) is 0 Å². The van der Waals surface area contributed by atoms with Gasteiger partial charge in [-0.15, -0.1) is 0 Å². The first-order valence-electron chi connectivity index (χ1n) is 12.4. The summed E-state index contributed by atoms with van der Waals surface area (Å²) in [4.78, 5) is 12.7. The minimum absolute atomic E-state index is 0.0558. The number of aliphatic hydroxyl groups excluding tert-OH is 1. The predicted molar refractivity (Wildman–Crippen MR) is 139 cm³/mol. The minimum Gasteiger partial charge on any atom is -0.390 e. The molecule has 0 saturated carbocycles. The molecule has 2 amide bonds. The number of amides is 2. The van der Waals surface area contributed by atoms with Crippen molar-refractivity contribution < 1.29 is 22.7 Å². The third kappa shape index (κ3) is 7.27. The number of nitrogens with one attached hydrogen (secondary N) is 2. The summed E-state index contributed by atoms with van der Waals surface area (Å²) >= 11 is 0. The number of carbonyl (C=O) groups excluding carboxylic acids is 1. The molecule has 1 aliphatic rings. The molecule has 3 atom stereocenters. The molecule has 7 nitrogen and oxygen atoms in total. The number of rotatable bonds is 7. The number of β-amino-alcohol motifs (C(OH)–C–C–N with tert-alkyl or cyclic N) is 1. The molecule has 2 aromatic rings. The molecule has 3 rings (SSSR count). The number of fused-ring (bicyclic) bond motifs is 1. The van der Waals surface area contributed by atoms with Crippen LogP contribution >= 0.6 is 0 Å². The van der Waals surface area contributed by atoms with Crippen molar-refractivity contribution in [2.24, 2.45) is 11.8 Å². The summed E-state index contributed by atoms with van der Waals surface area (Å²) in [5, 5.41) is 17.0. The van der Waals surface area contributed by atoms with Gasteiger partial charge in [-0.1, -0.05) is 44.2 Å². The molecule has 9 heteroatoms. The normalized spacial score (nSPS) is 19.7. The first kappa shape index (κ1) is 28.1. The summed E-state index contributed by atoms with van der Waals surface area (Å²) in [6, 6.07) is 12.0. The molecular weight excluding hydrogens is 481 g/mol. The zero-order valence-corrected chi connectivity index (χ0v) is 22.5. The summed E-state index contributed by atoms with van der Waals surface area (Å²) in [6.45, 7) is 9.57. The largest absolute Gasteiger partial charge is 0.390 e. The molecule has 0 aromatic heterocycles. The fourth-order valence-electron chi connectivity index (χ4n) is 4.46. The lowest BCUT2D eigenvalue weighted by atomic mass is 9.89. The molecule has 0 fully saturated rings. The number of carbonyl (C=O) groups is 1. The van der Waals surface area contributed by atoms with Gasteiger partial charge < -0.3 is 15.7 Å². The van der Waals surface area contributed by atoms with Gasteiger partial charge in [0.2, 0.25) is 10.0 Å². The van der Waals surface area contributed by atoms with E-state index in [-0.39, 0.29) is 29.8 Å². The molecule has 2 aromatic carbocycles. The molecule has 3 N–H and O–H groups in total. The van der Waals surface area contributed by atoms with Crippen LogP contribution in [0.15, 0.2) is 53.4 Å². The van der Waals surface area contributed by atoms with E-state index in [1.54, 1.807) is 0 Å². The molecule has 0 spiro atoms. The van der Waals surface area contributed by atoms with E-state index in [1.807, 2.05) is 65.0 Å². The first-order chi connectivity index (χ1) is 16.8. The number of benzene rings is 2. The van der Waals surface area contributed by atoms with Gasteiger partial charge in [-0.3, -0.25) is 0 Å². The maximum atomic E-state index is 14.0. The maximum absolute atomic E-state index is 14.0. The van der Waals surface area contributed by atoms with E-state index >= 15 is 0 Å². The predicted octanol–water partition coefficient (Wildman–Crippen LogP) is 3.71. The van der Waals surface area contributed by atoms with Gasteiger partial charge in [0.05, 0.1) is 17.0 Å². The van der Waals surface area contributed by atoms with E-state index in [0.717, 1.165) is 11.6 Å². The van der Waals surface area contributed by atoms with Crippen LogP contribution in [0.2, 0.25) is 0 Å². The Balaban J connectivity index is 1.90. The molecule has 0 radical (unpaired) electrons. The zero-order chi connectivity index (χ0) is 26.7. The second-order valence-corrected chi connectivity index (χ2v) is 12.9. The fraction of sp³-hybridized carbons (Fsp3) is 0.519. The van der Waals surface area contributed by atoms with Crippen LogP contribution in [0.1, 0.15) is 45.7 Å². The van der Waals surface area contributed by atoms with Gasteiger partial charge in [-0.2, -0.15) is 4.31 Å². The third-order valence-corrected chi connectivity index (χ3v) is 8.39. The number of aliphatic hydroxyl groups is 1. The molecule has 0 bridgehead atoms. The van der Waals surface area contributed by atoms with E-state index in [0.29, 0.717) is 18.4 Å². The smallest absolute Gasteiger partial charge is 0.315 e. The monoisotopic (exact) mass is 519 g/mol. The summed E-state index contributed by atoms with van der Waals surface area (Å²) in [7, 11) is -3.98. The average Bonchev–Trinajstić information content (AvgIpc) is 2.86. The lowest BCUT2D eigenvalue weighted by Crippen LogP contribution is -2.55. The van der Waals surface area contributed by atoms with Crippen LogP contribution in [0.4, 0.5) is 9.18 Å². The molecular formula is C27H38FN3O4S. The average molecular weight is 520 g/mol. The van der Waals surface area contributed by atoms with Crippen LogP contribution in [0.5, 0.6) is 0 Å². The summed E-state index contributed by atoms with van der Waals surface area (Å²) in [5.41, 5.74) is 0.871. The molecule has 198 valence electrons. The van der Waals surface area contributed by atoms with Crippen molar-refractivity contribution in [3.8, 4) is 0 Å². The molecule has 1 heterocycles. The van der Waals surface area contributed by atoms with Crippen molar-refractivity contribution >= 4 is 16.1 Å². The molecule has 0 saturated heterocycles. The quantitative estimate of drug-likeness (QED) is 0.519. The minimum atomic E-state index is -3.98. The highest BCUT2D eigenvalue weighted by Gasteiger charge is 2.37. The van der Waals surface area contributed by atoms with Crippen molar-refractivity contribution in [2.45, 2.75) is 70.0 Å². The van der Waals surface area contributed by atoms with Gasteiger partial charge in [-0.25, -0.2) is 17.6 Å². The second kappa shape index (κ2) is 11.3. The third-order valence-electron chi connectivity index (χ3n) is 6.46. The van der Waals surface area contributed by atoms with Crippen molar-refractivity contribution in [1.29, 1.82) is 0 Å². The SMILES string of the molecule is CC(C)[C@H]1Cc2cc(F)ccc2S(=O)(=O)N(C[C@@H](O)[C@H](Cc2ccccc2)NC(=O)NC(C)(C)C)C1. The van der Waals surface area contributed by atoms with E-state index in [1.165, 1.54) is 16.4 Å². The van der Waals surface area contributed by atoms with Crippen LogP contribution in [-0.2, 0) is 22.9 Å². The summed E-state index contributed by atoms with van der Waals surface area (Å²) in [6.07, 6.45) is -0.431. The van der Waals surface area contributed by atoms with Gasteiger partial charge in [0.15, 0.2) is 0 Å². The fourth-order valence-corrected chi connectivity index (χ4v) is 6.18. The first-order valence-corrected chi connectivity index (χ1v) is 13.8. The van der Waals surface area contributed by atoms with Gasteiger partial charge in [0.25, 0.3) is 0 Å². The van der Waals surface area contributed by atoms with Crippen LogP contribution < -0.4 is 10.6 Å². The number of nitrogens with zero attached hydrogens (tertiary/aromatic N) is 1. The Bertz CT molecular complexity index is 1150. The number of sulfonamides is 1. The van der Waals surface area contributed by atoms with E-state index in [4.69, 9.17) is 0 Å². The Kier molecular flexibility index (Phi) is 8.80. The highest BCUT2D eigenvalue weighted by atomic mass is 32.2. The van der Waals surface area contributed by atoms with Crippen molar-refractivity contribution in [2.75, 3.05) is 13.1 Å². The Hall–Kier alpha value is -2.49. The summed E-state index contributed by atoms with van der Waals surface area (Å²) < 4.78 is 42.5. The standard InChI is InChI=1S/C27H38FN3O4S/c1-18(2)21-14-20-15-22(28)11-12-25(20)36(34,35)31(16-21)17-24(32)23(13-19-9-7-6-8-10-19)29-26(33)30-27(3,4)5/h6-12,15,18,21,23-24,32H,13-14,16-17H2,1-5H3,(H2,29,30,33)/t21-,23-,24+/m0/s1. The van der Waals surface area contributed by atoms with Crippen molar-refractivity contribution in [3.05, 3.63) is 65.5 Å². The Morgan fingerprint density at radius 1 is 1.17 bits per heavy atom. The lowest BCUT2D eigenvalue weighted by molar-refractivity contribution is 0.100. The molecule has 36 heavy (non-hydrogen) atoms. The van der Waals surface area contributed by atoms with E-state index < -0.39 is 39.6 Å². The van der Waals surface area contributed by atoms with Gasteiger partial charge in [0, 0.05) is 18.6 Å². The Morgan fingerprint density at radius 3 is 2.44 bits per heavy atom. The van der Waals surface area contributed by atoms with Crippen LogP contribution in [0.3, 0.4) is 0 Å². The van der Waals surface area contributed by atoms with E-state index in [9.17, 15) is 22.7 Å². The van der Waals surface area contributed by atoms with Crippen molar-refractivity contribution in [1.82, 2.24) is 14.9 Å². The Labute approximate surface area is 214 Å². The number of hydrogen-bond acceptors (Lipinski definition) is 4. The zero-order valence-electron chi connectivity index (χ0n) is 21.7. The molecule has 0 unspecified atom stereocenters. The molecule has 0 aliphatic carbocycles. The number of hydrogen-bond donors (Lipinski definition) is 3. The number of halogens is 1. The summed E-state index contributed by atoms with van der Waals surface area (Å²) in [5.74, 6) is -0.387. The van der Waals surface area contributed by atoms with Gasteiger partial charge in [-0.05, 0) is 74.8 Å². The van der Waals surface area contributed by atoms with Gasteiger partial charge >= 0.3 is 6.03 Å². The maximum Gasteiger partial charge on any atom is 0.315 e. The second-order valence-electron chi connectivity index (χ2n) is 11.0. The highest BCUT2D eigenvalue weighted by Crippen LogP contribution is 2.32. The highest BCUT2D eigenvalue weighted by molar-refractivity contribution is 7.89. The topological polar surface area (TPSA) is 98.7 Å². The van der Waals surface area contributed by atoms with Gasteiger partial charge in [0.1, 0.15) is 5.82 Å². The van der Waals surface area contributed by atoms with E-state index in [2.05, 4.69) is 10.6 Å². The number of urea groups is 1. The molecule has 1 aliphatic heterocycles. The van der Waals surface area contributed by atoms with Crippen LogP contribution in [0, 0.1) is 17.7 Å². The Morgan fingerprint density at radius 2 is 1.83 bits per heavy atom. The van der Waals surface area contributed by atoms with Crippen LogP contribution in [-0.4, -0.2) is 54.6 Å². The lowest BCUT2D eigenvalue weighted by Gasteiger charge is -2.32.